The number of furan rings is 1. The molecule has 0 unspecified atom stereocenters. The summed E-state index contributed by atoms with van der Waals surface area (Å²) in [7, 11) is 0. The minimum Gasteiger partial charge on any atom is -0.467 e. The third-order valence-corrected chi connectivity index (χ3v) is 4.67. The molecule has 1 saturated heterocycles. The van der Waals surface area contributed by atoms with Crippen LogP contribution in [0.5, 0.6) is 0 Å². The maximum Gasteiger partial charge on any atom is 0.331 e. The highest BCUT2D eigenvalue weighted by Crippen LogP contribution is 2.18. The Morgan fingerprint density at radius 1 is 1.03 bits per heavy atom. The number of urea groups is 1. The predicted octanol–water partition coefficient (Wildman–Crippen LogP) is 3.10. The number of rotatable bonds is 5. The van der Waals surface area contributed by atoms with E-state index in [4.69, 9.17) is 4.42 Å². The van der Waals surface area contributed by atoms with E-state index < -0.39 is 17.8 Å². The minimum absolute atomic E-state index is 0.0490. The van der Waals surface area contributed by atoms with Crippen molar-refractivity contribution in [2.45, 2.75) is 20.0 Å². The molecule has 7 nitrogen and oxygen atoms in total. The fraction of sp³-hybridized carbons (Fsp3) is 0.136. The van der Waals surface area contributed by atoms with Gasteiger partial charge in [0.25, 0.3) is 11.8 Å². The van der Waals surface area contributed by atoms with E-state index in [-0.39, 0.29) is 12.1 Å². The molecule has 4 rings (SSSR count). The number of nitrogens with zero attached hydrogens (tertiary/aromatic N) is 2. The smallest absolute Gasteiger partial charge is 0.331 e. The van der Waals surface area contributed by atoms with Crippen LogP contribution in [0.3, 0.4) is 0 Å². The molecule has 0 spiro atoms. The van der Waals surface area contributed by atoms with Crippen LogP contribution in [0.15, 0.2) is 71.0 Å². The fourth-order valence-electron chi connectivity index (χ4n) is 3.25. The zero-order valence-electron chi connectivity index (χ0n) is 15.8. The quantitative estimate of drug-likeness (QED) is 0.537. The summed E-state index contributed by atoms with van der Waals surface area (Å²) in [6.07, 6.45) is 4.85. The zero-order chi connectivity index (χ0) is 20.4. The van der Waals surface area contributed by atoms with Crippen LogP contribution in [0, 0.1) is 6.92 Å². The van der Waals surface area contributed by atoms with Crippen LogP contribution in [0.25, 0.3) is 6.08 Å². The lowest BCUT2D eigenvalue weighted by Crippen LogP contribution is -2.53. The lowest BCUT2D eigenvalue weighted by molar-refractivity contribution is -0.130. The molecule has 0 aliphatic carbocycles. The molecule has 4 amide bonds. The molecule has 29 heavy (non-hydrogen) atoms. The Kier molecular flexibility index (Phi) is 4.87. The van der Waals surface area contributed by atoms with E-state index in [2.05, 4.69) is 11.4 Å². The highest BCUT2D eigenvalue weighted by atomic mass is 16.3. The minimum atomic E-state index is -0.760. The molecular formula is C22H19N3O4. The van der Waals surface area contributed by atoms with Crippen molar-refractivity contribution in [1.82, 2.24) is 14.8 Å². The van der Waals surface area contributed by atoms with E-state index in [1.165, 1.54) is 12.3 Å². The average Bonchev–Trinajstić information content (AvgIpc) is 3.34. The summed E-state index contributed by atoms with van der Waals surface area (Å²) in [4.78, 5) is 38.2. The molecule has 1 aliphatic heterocycles. The standard InChI is InChI=1S/C22H19N3O4/c1-15-5-2-6-16(11-15)13-24-9-3-7-17(24)12-19-20(26)23-22(28)25(21(19)27)14-18-8-4-10-29-18/h2-12H,13-14H2,1H3,(H,23,26,28). The van der Waals surface area contributed by atoms with Gasteiger partial charge in [-0.15, -0.1) is 0 Å². The van der Waals surface area contributed by atoms with Crippen LogP contribution in [0.2, 0.25) is 0 Å². The van der Waals surface area contributed by atoms with E-state index in [0.717, 1.165) is 16.0 Å². The van der Waals surface area contributed by atoms with E-state index in [1.807, 2.05) is 48.0 Å². The van der Waals surface area contributed by atoms with Crippen molar-refractivity contribution in [1.29, 1.82) is 0 Å². The number of carbonyl (C=O) groups is 3. The van der Waals surface area contributed by atoms with E-state index in [1.54, 1.807) is 12.1 Å². The first-order valence-corrected chi connectivity index (χ1v) is 9.13. The first kappa shape index (κ1) is 18.5. The monoisotopic (exact) mass is 389 g/mol. The maximum atomic E-state index is 12.8. The summed E-state index contributed by atoms with van der Waals surface area (Å²) in [5.41, 5.74) is 2.86. The molecule has 2 aromatic heterocycles. The van der Waals surface area contributed by atoms with Gasteiger partial charge in [-0.25, -0.2) is 4.79 Å². The first-order valence-electron chi connectivity index (χ1n) is 9.13. The Balaban J connectivity index is 1.61. The van der Waals surface area contributed by atoms with Crippen molar-refractivity contribution >= 4 is 23.9 Å². The number of imide groups is 2. The van der Waals surface area contributed by atoms with Gasteiger partial charge in [-0.3, -0.25) is 19.8 Å². The normalized spacial score (nSPS) is 15.8. The SMILES string of the molecule is Cc1cccc(Cn2cccc2C=C2C(=O)NC(=O)N(Cc3ccco3)C2=O)c1. The van der Waals surface area contributed by atoms with Crippen molar-refractivity contribution in [3.63, 3.8) is 0 Å². The first-order chi connectivity index (χ1) is 14.0. The van der Waals surface area contributed by atoms with Crippen LogP contribution in [-0.2, 0) is 22.7 Å². The van der Waals surface area contributed by atoms with E-state index >= 15 is 0 Å². The van der Waals surface area contributed by atoms with E-state index in [0.29, 0.717) is 18.0 Å². The second kappa shape index (κ2) is 7.63. The van der Waals surface area contributed by atoms with Gasteiger partial charge in [0.1, 0.15) is 11.3 Å². The molecule has 0 saturated carbocycles. The van der Waals surface area contributed by atoms with Crippen LogP contribution in [-0.4, -0.2) is 27.3 Å². The van der Waals surface area contributed by atoms with Crippen molar-refractivity contribution < 1.29 is 18.8 Å². The molecule has 1 aliphatic rings. The average molecular weight is 389 g/mol. The molecular weight excluding hydrogens is 370 g/mol. The number of hydrogen-bond acceptors (Lipinski definition) is 4. The highest BCUT2D eigenvalue weighted by molar-refractivity contribution is 6.30. The largest absolute Gasteiger partial charge is 0.467 e. The van der Waals surface area contributed by atoms with E-state index in [9.17, 15) is 14.4 Å². The molecule has 0 bridgehead atoms. The number of amides is 4. The lowest BCUT2D eigenvalue weighted by atomic mass is 10.1. The molecule has 0 atom stereocenters. The number of hydrogen-bond donors (Lipinski definition) is 1. The number of barbiturate groups is 1. The van der Waals surface area contributed by atoms with Gasteiger partial charge in [0.05, 0.1) is 12.8 Å². The lowest BCUT2D eigenvalue weighted by Gasteiger charge is -2.25. The van der Waals surface area contributed by atoms with Gasteiger partial charge in [-0.1, -0.05) is 29.8 Å². The highest BCUT2D eigenvalue weighted by Gasteiger charge is 2.36. The van der Waals surface area contributed by atoms with Crippen molar-refractivity contribution in [3.8, 4) is 0 Å². The number of aryl methyl sites for hydroxylation is 1. The molecule has 7 heteroatoms. The van der Waals surface area contributed by atoms with Gasteiger partial charge >= 0.3 is 6.03 Å². The number of benzene rings is 1. The van der Waals surface area contributed by atoms with Crippen LogP contribution >= 0.6 is 0 Å². The predicted molar refractivity (Wildman–Crippen MR) is 105 cm³/mol. The van der Waals surface area contributed by atoms with Gasteiger partial charge in [0.2, 0.25) is 0 Å². The van der Waals surface area contributed by atoms with Crippen molar-refractivity contribution in [2.75, 3.05) is 0 Å². The Morgan fingerprint density at radius 2 is 1.90 bits per heavy atom. The van der Waals surface area contributed by atoms with Crippen LogP contribution < -0.4 is 5.32 Å². The number of nitrogens with one attached hydrogen (secondary N) is 1. The van der Waals surface area contributed by atoms with Crippen LogP contribution in [0.4, 0.5) is 4.79 Å². The summed E-state index contributed by atoms with van der Waals surface area (Å²) >= 11 is 0. The molecule has 3 aromatic rings. The summed E-state index contributed by atoms with van der Waals surface area (Å²) in [6, 6.07) is 14.3. The Labute approximate surface area is 167 Å². The van der Waals surface area contributed by atoms with Gasteiger partial charge in [-0.2, -0.15) is 0 Å². The topological polar surface area (TPSA) is 84.6 Å². The molecule has 1 N–H and O–H groups in total. The zero-order valence-corrected chi connectivity index (χ0v) is 15.8. The van der Waals surface area contributed by atoms with Crippen molar-refractivity contribution in [2.24, 2.45) is 0 Å². The van der Waals surface area contributed by atoms with Gasteiger partial charge in [0.15, 0.2) is 0 Å². The Morgan fingerprint density at radius 3 is 2.66 bits per heavy atom. The van der Waals surface area contributed by atoms with Gasteiger partial charge in [-0.05, 0) is 42.8 Å². The Hall–Kier alpha value is -3.87. The molecule has 1 aromatic carbocycles. The molecule has 146 valence electrons. The molecule has 3 heterocycles. The fourth-order valence-corrected chi connectivity index (χ4v) is 3.25. The maximum absolute atomic E-state index is 12.8. The van der Waals surface area contributed by atoms with Gasteiger partial charge < -0.3 is 8.98 Å². The third kappa shape index (κ3) is 3.89. The number of aromatic nitrogens is 1. The summed E-state index contributed by atoms with van der Waals surface area (Å²) < 4.78 is 7.15. The summed E-state index contributed by atoms with van der Waals surface area (Å²) in [5, 5.41) is 2.22. The molecule has 0 radical (unpaired) electrons. The second-order valence-electron chi connectivity index (χ2n) is 6.84. The third-order valence-electron chi connectivity index (χ3n) is 4.67. The number of carbonyl (C=O) groups excluding carboxylic acids is 3. The summed E-state index contributed by atoms with van der Waals surface area (Å²) in [6.45, 7) is 2.57. The summed E-state index contributed by atoms with van der Waals surface area (Å²) in [5.74, 6) is -0.914. The molecule has 1 fully saturated rings. The second-order valence-corrected chi connectivity index (χ2v) is 6.84. The van der Waals surface area contributed by atoms with Crippen molar-refractivity contribution in [3.05, 3.63) is 89.1 Å². The Bertz CT molecular complexity index is 1110. The van der Waals surface area contributed by atoms with Crippen LogP contribution in [0.1, 0.15) is 22.6 Å². The van der Waals surface area contributed by atoms with Gasteiger partial charge in [0, 0.05) is 18.4 Å².